The van der Waals surface area contributed by atoms with E-state index in [-0.39, 0.29) is 5.56 Å². The molecule has 0 saturated heterocycles. The van der Waals surface area contributed by atoms with E-state index in [9.17, 15) is 4.79 Å². The van der Waals surface area contributed by atoms with Gasteiger partial charge >= 0.3 is 5.97 Å². The van der Waals surface area contributed by atoms with Gasteiger partial charge in [0.15, 0.2) is 0 Å². The quantitative estimate of drug-likeness (QED) is 0.805. The number of hydrogen-bond donors (Lipinski definition) is 1. The molecule has 0 saturated carbocycles. The second-order valence-corrected chi connectivity index (χ2v) is 5.56. The maximum atomic E-state index is 10.9. The molecule has 2 aromatic carbocycles. The molecular weight excluding hydrogens is 392 g/mol. The van der Waals surface area contributed by atoms with Crippen molar-refractivity contribution in [3.8, 4) is 17.2 Å². The molecule has 0 unspecified atom stereocenters. The number of carbonyl (C=O) groups is 1. The third-order valence-electron chi connectivity index (χ3n) is 2.54. The van der Waals surface area contributed by atoms with Gasteiger partial charge < -0.3 is 14.6 Å². The van der Waals surface area contributed by atoms with Crippen molar-refractivity contribution in [1.82, 2.24) is 0 Å². The molecule has 6 heteroatoms. The number of aromatic carboxylic acids is 1. The number of halogens is 2. The standard InChI is InChI=1S/C14H10Br2O4/c1-19-9-3-5-13(11(16)7-9)20-12-4-2-8(14(17)18)6-10(12)15/h2-7H,1H3,(H,17,18). The number of carboxylic acid groups (broad SMARTS) is 1. The summed E-state index contributed by atoms with van der Waals surface area (Å²) in [6.45, 7) is 0. The Kier molecular flexibility index (Phi) is 4.67. The van der Waals surface area contributed by atoms with Crippen LogP contribution in [0, 0.1) is 0 Å². The van der Waals surface area contributed by atoms with Gasteiger partial charge in [0.25, 0.3) is 0 Å². The largest absolute Gasteiger partial charge is 0.497 e. The van der Waals surface area contributed by atoms with E-state index >= 15 is 0 Å². The number of ether oxygens (including phenoxy) is 2. The summed E-state index contributed by atoms with van der Waals surface area (Å²) in [7, 11) is 1.59. The number of carboxylic acids is 1. The zero-order valence-electron chi connectivity index (χ0n) is 10.4. The first-order valence-electron chi connectivity index (χ1n) is 5.55. The molecule has 0 aromatic heterocycles. The molecule has 0 aliphatic heterocycles. The lowest BCUT2D eigenvalue weighted by molar-refractivity contribution is 0.0697. The van der Waals surface area contributed by atoms with Crippen LogP contribution in [-0.2, 0) is 0 Å². The molecule has 2 rings (SSSR count). The fourth-order valence-electron chi connectivity index (χ4n) is 1.53. The summed E-state index contributed by atoms with van der Waals surface area (Å²) in [5, 5.41) is 8.91. The lowest BCUT2D eigenvalue weighted by Crippen LogP contribution is -1.96. The van der Waals surface area contributed by atoms with E-state index in [1.165, 1.54) is 12.1 Å². The van der Waals surface area contributed by atoms with Crippen molar-refractivity contribution < 1.29 is 19.4 Å². The third-order valence-corrected chi connectivity index (χ3v) is 3.78. The molecule has 0 fully saturated rings. The van der Waals surface area contributed by atoms with Crippen LogP contribution in [0.4, 0.5) is 0 Å². The summed E-state index contributed by atoms with van der Waals surface area (Å²) in [6.07, 6.45) is 0. The van der Waals surface area contributed by atoms with Crippen molar-refractivity contribution >= 4 is 37.8 Å². The number of benzene rings is 2. The van der Waals surface area contributed by atoms with Gasteiger partial charge in [-0.25, -0.2) is 4.79 Å². The van der Waals surface area contributed by atoms with Crippen LogP contribution < -0.4 is 9.47 Å². The monoisotopic (exact) mass is 400 g/mol. The van der Waals surface area contributed by atoms with Crippen molar-refractivity contribution in [1.29, 1.82) is 0 Å². The summed E-state index contributed by atoms with van der Waals surface area (Å²) >= 11 is 6.69. The highest BCUT2D eigenvalue weighted by Gasteiger charge is 2.10. The normalized spacial score (nSPS) is 10.2. The van der Waals surface area contributed by atoms with E-state index in [4.69, 9.17) is 14.6 Å². The Morgan fingerprint density at radius 3 is 2.15 bits per heavy atom. The molecule has 0 atom stereocenters. The molecule has 0 bridgehead atoms. The highest BCUT2D eigenvalue weighted by atomic mass is 79.9. The molecule has 104 valence electrons. The molecule has 1 N–H and O–H groups in total. The Labute approximate surface area is 132 Å². The number of hydrogen-bond acceptors (Lipinski definition) is 3. The lowest BCUT2D eigenvalue weighted by Gasteiger charge is -2.11. The van der Waals surface area contributed by atoms with Crippen molar-refractivity contribution in [2.45, 2.75) is 0 Å². The maximum Gasteiger partial charge on any atom is 0.335 e. The van der Waals surface area contributed by atoms with Crippen LogP contribution in [0.5, 0.6) is 17.2 Å². The van der Waals surface area contributed by atoms with E-state index in [1.807, 2.05) is 0 Å². The van der Waals surface area contributed by atoms with E-state index in [1.54, 1.807) is 31.4 Å². The highest BCUT2D eigenvalue weighted by molar-refractivity contribution is 9.11. The Balaban J connectivity index is 2.28. The second kappa shape index (κ2) is 6.28. The fraction of sp³-hybridized carbons (Fsp3) is 0.0714. The first kappa shape index (κ1) is 14.9. The average molecular weight is 402 g/mol. The van der Waals surface area contributed by atoms with Crippen LogP contribution in [0.25, 0.3) is 0 Å². The minimum Gasteiger partial charge on any atom is -0.497 e. The first-order valence-corrected chi connectivity index (χ1v) is 7.14. The molecule has 0 aliphatic rings. The van der Waals surface area contributed by atoms with Crippen LogP contribution in [-0.4, -0.2) is 18.2 Å². The van der Waals surface area contributed by atoms with E-state index < -0.39 is 5.97 Å². The molecule has 0 spiro atoms. The van der Waals surface area contributed by atoms with Gasteiger partial charge in [0.1, 0.15) is 17.2 Å². The Morgan fingerprint density at radius 2 is 1.65 bits per heavy atom. The molecule has 0 heterocycles. The summed E-state index contributed by atoms with van der Waals surface area (Å²) in [6, 6.07) is 9.91. The molecule has 20 heavy (non-hydrogen) atoms. The summed E-state index contributed by atoms with van der Waals surface area (Å²) in [4.78, 5) is 10.9. The first-order chi connectivity index (χ1) is 9.51. The highest BCUT2D eigenvalue weighted by Crippen LogP contribution is 2.36. The Morgan fingerprint density at radius 1 is 1.05 bits per heavy atom. The van der Waals surface area contributed by atoms with Crippen molar-refractivity contribution in [2.24, 2.45) is 0 Å². The van der Waals surface area contributed by atoms with Crippen LogP contribution >= 0.6 is 31.9 Å². The molecular formula is C14H10Br2O4. The minimum absolute atomic E-state index is 0.193. The van der Waals surface area contributed by atoms with Crippen LogP contribution in [0.15, 0.2) is 45.3 Å². The predicted octanol–water partition coefficient (Wildman–Crippen LogP) is 4.71. The van der Waals surface area contributed by atoms with Gasteiger partial charge in [0.05, 0.1) is 21.6 Å². The van der Waals surface area contributed by atoms with Gasteiger partial charge in [0, 0.05) is 0 Å². The van der Waals surface area contributed by atoms with E-state index in [0.29, 0.717) is 21.7 Å². The molecule has 4 nitrogen and oxygen atoms in total. The van der Waals surface area contributed by atoms with Gasteiger partial charge in [-0.1, -0.05) is 0 Å². The van der Waals surface area contributed by atoms with Crippen molar-refractivity contribution in [3.63, 3.8) is 0 Å². The van der Waals surface area contributed by atoms with E-state index in [2.05, 4.69) is 31.9 Å². The van der Waals surface area contributed by atoms with Gasteiger partial charge in [-0.2, -0.15) is 0 Å². The minimum atomic E-state index is -0.983. The average Bonchev–Trinajstić information content (AvgIpc) is 2.42. The summed E-state index contributed by atoms with van der Waals surface area (Å²) < 4.78 is 12.1. The fourth-order valence-corrected chi connectivity index (χ4v) is 2.42. The van der Waals surface area contributed by atoms with Gasteiger partial charge in [0.2, 0.25) is 0 Å². The number of methoxy groups -OCH3 is 1. The molecule has 2 aromatic rings. The maximum absolute atomic E-state index is 10.9. The third kappa shape index (κ3) is 3.32. The van der Waals surface area contributed by atoms with Gasteiger partial charge in [-0.3, -0.25) is 0 Å². The topological polar surface area (TPSA) is 55.8 Å². The van der Waals surface area contributed by atoms with Crippen LogP contribution in [0.2, 0.25) is 0 Å². The number of rotatable bonds is 4. The summed E-state index contributed by atoms with van der Waals surface area (Å²) in [5.74, 6) is 0.864. The predicted molar refractivity (Wildman–Crippen MR) is 81.9 cm³/mol. The zero-order valence-corrected chi connectivity index (χ0v) is 13.6. The van der Waals surface area contributed by atoms with Crippen molar-refractivity contribution in [2.75, 3.05) is 7.11 Å². The van der Waals surface area contributed by atoms with Crippen LogP contribution in [0.3, 0.4) is 0 Å². The SMILES string of the molecule is COc1ccc(Oc2ccc(C(=O)O)cc2Br)c(Br)c1. The second-order valence-electron chi connectivity index (χ2n) is 3.85. The van der Waals surface area contributed by atoms with Crippen LogP contribution in [0.1, 0.15) is 10.4 Å². The molecule has 0 radical (unpaired) electrons. The molecule has 0 amide bonds. The summed E-state index contributed by atoms with van der Waals surface area (Å²) in [5.41, 5.74) is 0.193. The Hall–Kier alpha value is -1.53. The zero-order chi connectivity index (χ0) is 14.7. The Bertz CT molecular complexity index is 656. The van der Waals surface area contributed by atoms with E-state index in [0.717, 1.165) is 4.47 Å². The van der Waals surface area contributed by atoms with Gasteiger partial charge in [-0.15, -0.1) is 0 Å². The lowest BCUT2D eigenvalue weighted by atomic mass is 10.2. The van der Waals surface area contributed by atoms with Crippen molar-refractivity contribution in [3.05, 3.63) is 50.9 Å². The smallest absolute Gasteiger partial charge is 0.335 e. The molecule has 0 aliphatic carbocycles. The van der Waals surface area contributed by atoms with Gasteiger partial charge in [-0.05, 0) is 68.3 Å².